The molecule has 1 N–H and O–H groups in total. The molecule has 0 amide bonds. The van der Waals surface area contributed by atoms with Gasteiger partial charge < -0.3 is 14.4 Å². The third-order valence-corrected chi connectivity index (χ3v) is 3.10. The predicted molar refractivity (Wildman–Crippen MR) is 71.0 cm³/mol. The largest absolute Gasteiger partial charge is 0.382 e. The van der Waals surface area contributed by atoms with Crippen LogP contribution < -0.4 is 0 Å². The van der Waals surface area contributed by atoms with Gasteiger partial charge in [-0.15, -0.1) is 0 Å². The Kier molecular flexibility index (Phi) is 4.73. The molecule has 0 bridgehead atoms. The molecule has 2 rings (SSSR count). The monoisotopic (exact) mass is 248 g/mol. The van der Waals surface area contributed by atoms with Crippen LogP contribution >= 0.6 is 0 Å². The Morgan fingerprint density at radius 3 is 2.83 bits per heavy atom. The molecule has 4 heteroatoms. The topological polar surface area (TPSA) is 45.6 Å². The lowest BCUT2D eigenvalue weighted by atomic mass is 10.1. The van der Waals surface area contributed by atoms with Crippen molar-refractivity contribution in [1.82, 2.24) is 4.90 Å². The minimum Gasteiger partial charge on any atom is -0.382 e. The lowest BCUT2D eigenvalue weighted by molar-refractivity contribution is 0.0675. The maximum atomic E-state index is 8.10. The van der Waals surface area contributed by atoms with Gasteiger partial charge in [0, 0.05) is 32.4 Å². The SMILES string of the molecule is COCCOCCCN1Cc2ccccc2C1=N. The molecule has 98 valence electrons. The van der Waals surface area contributed by atoms with Gasteiger partial charge >= 0.3 is 0 Å². The second kappa shape index (κ2) is 6.52. The smallest absolute Gasteiger partial charge is 0.128 e. The zero-order valence-electron chi connectivity index (χ0n) is 10.8. The molecule has 1 aliphatic rings. The number of ether oxygens (including phenoxy) is 2. The van der Waals surface area contributed by atoms with Crippen LogP contribution in [0.15, 0.2) is 24.3 Å². The van der Waals surface area contributed by atoms with Crippen molar-refractivity contribution in [2.75, 3.05) is 33.5 Å². The van der Waals surface area contributed by atoms with Crippen molar-refractivity contribution in [2.45, 2.75) is 13.0 Å². The fourth-order valence-electron chi connectivity index (χ4n) is 2.14. The lowest BCUT2D eigenvalue weighted by Crippen LogP contribution is -2.26. The molecule has 1 aromatic rings. The second-order valence-corrected chi connectivity index (χ2v) is 4.39. The third kappa shape index (κ3) is 3.09. The van der Waals surface area contributed by atoms with Crippen molar-refractivity contribution < 1.29 is 9.47 Å². The standard InChI is InChI=1S/C14H20N2O2/c1-17-9-10-18-8-4-7-16-11-12-5-2-3-6-13(12)14(16)15/h2-3,5-6,15H,4,7-11H2,1H3. The summed E-state index contributed by atoms with van der Waals surface area (Å²) in [6.45, 7) is 3.75. The van der Waals surface area contributed by atoms with Crippen LogP contribution in [-0.2, 0) is 16.0 Å². The van der Waals surface area contributed by atoms with Gasteiger partial charge in [-0.25, -0.2) is 0 Å². The van der Waals surface area contributed by atoms with E-state index in [1.807, 2.05) is 18.2 Å². The molecule has 0 saturated heterocycles. The van der Waals surface area contributed by atoms with Gasteiger partial charge in [-0.1, -0.05) is 24.3 Å². The number of fused-ring (bicyclic) bond motifs is 1. The quantitative estimate of drug-likeness (QED) is 0.749. The van der Waals surface area contributed by atoms with Gasteiger partial charge in [0.15, 0.2) is 0 Å². The average molecular weight is 248 g/mol. The fraction of sp³-hybridized carbons (Fsp3) is 0.500. The summed E-state index contributed by atoms with van der Waals surface area (Å²) >= 11 is 0. The van der Waals surface area contributed by atoms with Gasteiger partial charge in [0.05, 0.1) is 13.2 Å². The Bertz CT molecular complexity index is 407. The van der Waals surface area contributed by atoms with E-state index in [9.17, 15) is 0 Å². The first kappa shape index (κ1) is 13.1. The zero-order valence-corrected chi connectivity index (χ0v) is 10.8. The Hall–Kier alpha value is -1.39. The maximum absolute atomic E-state index is 8.10. The summed E-state index contributed by atoms with van der Waals surface area (Å²) in [6.07, 6.45) is 0.945. The molecule has 0 spiro atoms. The summed E-state index contributed by atoms with van der Waals surface area (Å²) in [5.74, 6) is 0.641. The number of nitrogens with zero attached hydrogens (tertiary/aromatic N) is 1. The van der Waals surface area contributed by atoms with Crippen molar-refractivity contribution in [1.29, 1.82) is 5.41 Å². The van der Waals surface area contributed by atoms with E-state index in [4.69, 9.17) is 14.9 Å². The number of benzene rings is 1. The summed E-state index contributed by atoms with van der Waals surface area (Å²) < 4.78 is 10.3. The van der Waals surface area contributed by atoms with E-state index in [1.54, 1.807) is 7.11 Å². The Morgan fingerprint density at radius 1 is 1.22 bits per heavy atom. The summed E-state index contributed by atoms with van der Waals surface area (Å²) in [6, 6.07) is 8.14. The maximum Gasteiger partial charge on any atom is 0.128 e. The van der Waals surface area contributed by atoms with E-state index in [0.29, 0.717) is 19.0 Å². The molecular formula is C14H20N2O2. The summed E-state index contributed by atoms with van der Waals surface area (Å²) in [7, 11) is 1.67. The van der Waals surface area contributed by atoms with Crippen molar-refractivity contribution in [3.8, 4) is 0 Å². The first-order chi connectivity index (χ1) is 8.83. The third-order valence-electron chi connectivity index (χ3n) is 3.10. The normalized spacial score (nSPS) is 14.1. The minimum absolute atomic E-state index is 0.641. The van der Waals surface area contributed by atoms with Crippen molar-refractivity contribution in [3.63, 3.8) is 0 Å². The predicted octanol–water partition coefficient (Wildman–Crippen LogP) is 1.88. The Labute approximate surface area is 108 Å². The number of hydrogen-bond acceptors (Lipinski definition) is 3. The molecule has 0 fully saturated rings. The molecule has 1 aliphatic heterocycles. The second-order valence-electron chi connectivity index (χ2n) is 4.39. The minimum atomic E-state index is 0.641. The average Bonchev–Trinajstić information content (AvgIpc) is 2.71. The Balaban J connectivity index is 1.72. The fourth-order valence-corrected chi connectivity index (χ4v) is 2.14. The summed E-state index contributed by atoms with van der Waals surface area (Å²) in [4.78, 5) is 2.10. The van der Waals surface area contributed by atoms with Crippen LogP contribution in [0.1, 0.15) is 17.5 Å². The van der Waals surface area contributed by atoms with E-state index < -0.39 is 0 Å². The molecule has 0 saturated carbocycles. The molecule has 0 unspecified atom stereocenters. The highest BCUT2D eigenvalue weighted by Gasteiger charge is 2.22. The van der Waals surface area contributed by atoms with Crippen LogP contribution in [0.5, 0.6) is 0 Å². The number of methoxy groups -OCH3 is 1. The van der Waals surface area contributed by atoms with Gasteiger partial charge in [0.2, 0.25) is 0 Å². The molecule has 0 aliphatic carbocycles. The van der Waals surface area contributed by atoms with Gasteiger partial charge in [-0.2, -0.15) is 0 Å². The highest BCUT2D eigenvalue weighted by Crippen LogP contribution is 2.21. The highest BCUT2D eigenvalue weighted by atomic mass is 16.5. The van der Waals surface area contributed by atoms with Gasteiger partial charge in [0.25, 0.3) is 0 Å². The number of rotatable bonds is 7. The first-order valence-electron chi connectivity index (χ1n) is 6.31. The van der Waals surface area contributed by atoms with Crippen LogP contribution in [0, 0.1) is 5.41 Å². The van der Waals surface area contributed by atoms with Crippen LogP contribution in [0.3, 0.4) is 0 Å². The summed E-state index contributed by atoms with van der Waals surface area (Å²) in [5.41, 5.74) is 2.32. The zero-order chi connectivity index (χ0) is 12.8. The van der Waals surface area contributed by atoms with Crippen molar-refractivity contribution in [3.05, 3.63) is 35.4 Å². The molecule has 18 heavy (non-hydrogen) atoms. The van der Waals surface area contributed by atoms with E-state index in [0.717, 1.165) is 31.7 Å². The molecule has 1 aromatic carbocycles. The lowest BCUT2D eigenvalue weighted by Gasteiger charge is -2.17. The molecule has 0 radical (unpaired) electrons. The van der Waals surface area contributed by atoms with Crippen molar-refractivity contribution >= 4 is 5.84 Å². The molecule has 0 atom stereocenters. The van der Waals surface area contributed by atoms with Gasteiger partial charge in [-0.05, 0) is 12.0 Å². The molecule has 4 nitrogen and oxygen atoms in total. The highest BCUT2D eigenvalue weighted by molar-refractivity contribution is 6.00. The van der Waals surface area contributed by atoms with Crippen LogP contribution in [0.2, 0.25) is 0 Å². The van der Waals surface area contributed by atoms with Crippen LogP contribution in [-0.4, -0.2) is 44.2 Å². The number of nitrogens with one attached hydrogen (secondary N) is 1. The molecular weight excluding hydrogens is 228 g/mol. The number of hydrogen-bond donors (Lipinski definition) is 1. The van der Waals surface area contributed by atoms with Crippen molar-refractivity contribution in [2.24, 2.45) is 0 Å². The first-order valence-corrected chi connectivity index (χ1v) is 6.31. The van der Waals surface area contributed by atoms with Gasteiger partial charge in [-0.3, -0.25) is 5.41 Å². The van der Waals surface area contributed by atoms with Crippen LogP contribution in [0.25, 0.3) is 0 Å². The van der Waals surface area contributed by atoms with E-state index >= 15 is 0 Å². The molecule has 0 aromatic heterocycles. The van der Waals surface area contributed by atoms with E-state index in [-0.39, 0.29) is 0 Å². The van der Waals surface area contributed by atoms with Crippen LogP contribution in [0.4, 0.5) is 0 Å². The van der Waals surface area contributed by atoms with E-state index in [2.05, 4.69) is 11.0 Å². The Morgan fingerprint density at radius 2 is 2.06 bits per heavy atom. The van der Waals surface area contributed by atoms with E-state index in [1.165, 1.54) is 5.56 Å². The summed E-state index contributed by atoms with van der Waals surface area (Å²) in [5, 5.41) is 8.10. The number of amidine groups is 1. The molecule has 1 heterocycles. The van der Waals surface area contributed by atoms with Gasteiger partial charge in [0.1, 0.15) is 5.84 Å².